The quantitative estimate of drug-likeness (QED) is 0.453. The Balaban J connectivity index is 1.07. The zero-order chi connectivity index (χ0) is 22.6. The van der Waals surface area contributed by atoms with Gasteiger partial charge in [-0.05, 0) is 49.8 Å². The maximum atomic E-state index is 12.1. The Bertz CT molecular complexity index is 1120. The highest BCUT2D eigenvalue weighted by Crippen LogP contribution is 2.27. The van der Waals surface area contributed by atoms with E-state index in [1.54, 1.807) is 18.6 Å². The molecular weight excluding hydrogens is 442 g/mol. The van der Waals surface area contributed by atoms with E-state index in [0.29, 0.717) is 41.8 Å². The maximum absolute atomic E-state index is 12.1. The van der Waals surface area contributed by atoms with Gasteiger partial charge in [0.15, 0.2) is 5.15 Å². The van der Waals surface area contributed by atoms with Gasteiger partial charge in [0.2, 0.25) is 5.95 Å². The fraction of sp³-hybridized carbons (Fsp3) is 0.435. The van der Waals surface area contributed by atoms with Gasteiger partial charge in [0, 0.05) is 36.6 Å². The Kier molecular flexibility index (Phi) is 6.50. The lowest BCUT2D eigenvalue weighted by Crippen LogP contribution is -2.48. The number of halogens is 1. The molecule has 3 N–H and O–H groups in total. The number of hydrogen-bond acceptors (Lipinski definition) is 8. The van der Waals surface area contributed by atoms with Crippen LogP contribution >= 0.6 is 11.6 Å². The Morgan fingerprint density at radius 2 is 1.82 bits per heavy atom. The van der Waals surface area contributed by atoms with Gasteiger partial charge in [-0.25, -0.2) is 19.9 Å². The second-order valence-corrected chi connectivity index (χ2v) is 8.97. The number of ether oxygens (including phenoxy) is 1. The summed E-state index contributed by atoms with van der Waals surface area (Å²) in [7, 11) is 0. The average molecular weight is 468 g/mol. The van der Waals surface area contributed by atoms with Gasteiger partial charge in [-0.15, -0.1) is 0 Å². The lowest BCUT2D eigenvalue weighted by molar-refractivity contribution is -0.00347. The Hall–Kier alpha value is -3.04. The van der Waals surface area contributed by atoms with E-state index in [0.717, 1.165) is 48.9 Å². The van der Waals surface area contributed by atoms with E-state index < -0.39 is 0 Å². The van der Waals surface area contributed by atoms with Crippen molar-refractivity contribution in [1.82, 2.24) is 25.3 Å². The smallest absolute Gasteiger partial charge is 0.254 e. The lowest BCUT2D eigenvalue weighted by Gasteiger charge is -2.29. The standard InChI is InChI=1S/C23H26ClN7O2/c24-21-20-15(7-8-25-21)3-6-19(31-20)29-17-4-1-14(2-5-17)9-26-23-27-10-16(11-28-23)22(32)30-18-12-33-13-18/h3,6-8,10-11,14,17-18H,1-2,4-5,9,12-13H2,(H,29,31)(H,30,32)(H,26,27,28)/t14-,17-. The number of pyridine rings is 2. The molecular formula is C23H26ClN7O2. The molecule has 9 nitrogen and oxygen atoms in total. The molecule has 0 aromatic carbocycles. The number of amides is 1. The van der Waals surface area contributed by atoms with Crippen molar-refractivity contribution in [2.45, 2.75) is 37.8 Å². The fourth-order valence-electron chi connectivity index (χ4n) is 4.17. The molecule has 5 rings (SSSR count). The van der Waals surface area contributed by atoms with E-state index in [1.807, 2.05) is 18.2 Å². The van der Waals surface area contributed by atoms with E-state index in [9.17, 15) is 4.79 Å². The minimum Gasteiger partial charge on any atom is -0.377 e. The molecule has 3 aromatic rings. The highest BCUT2D eigenvalue weighted by atomic mass is 35.5. The molecule has 3 aromatic heterocycles. The van der Waals surface area contributed by atoms with Crippen molar-refractivity contribution in [1.29, 1.82) is 0 Å². The molecule has 2 aliphatic rings. The van der Waals surface area contributed by atoms with Crippen molar-refractivity contribution >= 4 is 40.2 Å². The normalized spacial score (nSPS) is 20.8. The van der Waals surface area contributed by atoms with Crippen LogP contribution in [0.1, 0.15) is 36.0 Å². The first-order valence-electron chi connectivity index (χ1n) is 11.3. The predicted octanol–water partition coefficient (Wildman–Crippen LogP) is 3.28. The van der Waals surface area contributed by atoms with Crippen LogP contribution in [-0.2, 0) is 4.74 Å². The lowest BCUT2D eigenvalue weighted by atomic mass is 9.86. The zero-order valence-electron chi connectivity index (χ0n) is 18.1. The van der Waals surface area contributed by atoms with E-state index in [4.69, 9.17) is 16.3 Å². The molecule has 1 amide bonds. The molecule has 0 radical (unpaired) electrons. The molecule has 0 bridgehead atoms. The molecule has 4 heterocycles. The molecule has 1 saturated heterocycles. The third-order valence-electron chi connectivity index (χ3n) is 6.20. The summed E-state index contributed by atoms with van der Waals surface area (Å²) in [6.45, 7) is 1.94. The van der Waals surface area contributed by atoms with Crippen molar-refractivity contribution < 1.29 is 9.53 Å². The number of nitrogens with one attached hydrogen (secondary N) is 3. The van der Waals surface area contributed by atoms with E-state index >= 15 is 0 Å². The van der Waals surface area contributed by atoms with E-state index in [-0.39, 0.29) is 11.9 Å². The van der Waals surface area contributed by atoms with Crippen LogP contribution in [0.3, 0.4) is 0 Å². The summed E-state index contributed by atoms with van der Waals surface area (Å²) in [6.07, 6.45) is 9.15. The molecule has 1 saturated carbocycles. The first-order valence-corrected chi connectivity index (χ1v) is 11.6. The van der Waals surface area contributed by atoms with Gasteiger partial charge < -0.3 is 20.7 Å². The molecule has 172 valence electrons. The van der Waals surface area contributed by atoms with Crippen LogP contribution in [0.5, 0.6) is 0 Å². The van der Waals surface area contributed by atoms with Crippen LogP contribution < -0.4 is 16.0 Å². The van der Waals surface area contributed by atoms with Gasteiger partial charge in [-0.1, -0.05) is 11.6 Å². The summed E-state index contributed by atoms with van der Waals surface area (Å²) in [6, 6.07) is 6.40. The summed E-state index contributed by atoms with van der Waals surface area (Å²) in [4.78, 5) is 29.4. The second kappa shape index (κ2) is 9.84. The summed E-state index contributed by atoms with van der Waals surface area (Å²) in [5.74, 6) is 1.77. The minimum absolute atomic E-state index is 0.0896. The van der Waals surface area contributed by atoms with Gasteiger partial charge in [0.1, 0.15) is 11.3 Å². The fourth-order valence-corrected chi connectivity index (χ4v) is 4.38. The Morgan fingerprint density at radius 3 is 2.55 bits per heavy atom. The van der Waals surface area contributed by atoms with E-state index in [2.05, 4.69) is 35.9 Å². The number of carbonyl (C=O) groups is 1. The Labute approximate surface area is 196 Å². The molecule has 0 atom stereocenters. The van der Waals surface area contributed by atoms with Crippen LogP contribution in [0, 0.1) is 5.92 Å². The van der Waals surface area contributed by atoms with E-state index in [1.165, 1.54) is 0 Å². The van der Waals surface area contributed by atoms with Crippen molar-refractivity contribution in [2.75, 3.05) is 30.4 Å². The molecule has 1 aliphatic heterocycles. The number of rotatable bonds is 7. The van der Waals surface area contributed by atoms with Crippen molar-refractivity contribution in [3.8, 4) is 0 Å². The summed E-state index contributed by atoms with van der Waals surface area (Å²) >= 11 is 6.19. The largest absolute Gasteiger partial charge is 0.377 e. The van der Waals surface area contributed by atoms with Crippen molar-refractivity contribution in [3.63, 3.8) is 0 Å². The summed E-state index contributed by atoms with van der Waals surface area (Å²) in [5.41, 5.74) is 1.18. The monoisotopic (exact) mass is 467 g/mol. The number of hydrogen-bond donors (Lipinski definition) is 3. The maximum Gasteiger partial charge on any atom is 0.254 e. The number of nitrogens with zero attached hydrogens (tertiary/aromatic N) is 4. The van der Waals surface area contributed by atoms with Crippen LogP contribution in [0.25, 0.3) is 10.9 Å². The second-order valence-electron chi connectivity index (χ2n) is 8.62. The number of aromatic nitrogens is 4. The predicted molar refractivity (Wildman–Crippen MR) is 127 cm³/mol. The molecule has 1 aliphatic carbocycles. The van der Waals surface area contributed by atoms with Crippen LogP contribution in [-0.4, -0.2) is 57.7 Å². The SMILES string of the molecule is O=C(NC1COC1)c1cnc(NC[C@H]2CC[C@H](Nc3ccc4ccnc(Cl)c4n3)CC2)nc1. The third kappa shape index (κ3) is 5.31. The van der Waals surface area contributed by atoms with Gasteiger partial charge in [0.25, 0.3) is 5.91 Å². The van der Waals surface area contributed by atoms with Gasteiger partial charge in [0.05, 0.1) is 24.8 Å². The van der Waals surface area contributed by atoms with Crippen molar-refractivity contribution in [3.05, 3.63) is 47.5 Å². The third-order valence-corrected chi connectivity index (χ3v) is 6.48. The van der Waals surface area contributed by atoms with Crippen LogP contribution in [0.4, 0.5) is 11.8 Å². The first-order chi connectivity index (χ1) is 16.1. The zero-order valence-corrected chi connectivity index (χ0v) is 18.9. The van der Waals surface area contributed by atoms with Crippen LogP contribution in [0.15, 0.2) is 36.8 Å². The Morgan fingerprint density at radius 1 is 1.03 bits per heavy atom. The molecule has 0 unspecified atom stereocenters. The summed E-state index contributed by atoms with van der Waals surface area (Å²) < 4.78 is 5.07. The van der Waals surface area contributed by atoms with Gasteiger partial charge >= 0.3 is 0 Å². The topological polar surface area (TPSA) is 114 Å². The number of fused-ring (bicyclic) bond motifs is 1. The van der Waals surface area contributed by atoms with Crippen LogP contribution in [0.2, 0.25) is 5.15 Å². The highest BCUT2D eigenvalue weighted by Gasteiger charge is 2.23. The van der Waals surface area contributed by atoms with Gasteiger partial charge in [-0.2, -0.15) is 0 Å². The summed E-state index contributed by atoms with van der Waals surface area (Å²) in [5, 5.41) is 11.1. The number of anilines is 2. The number of carbonyl (C=O) groups excluding carboxylic acids is 1. The first kappa shape index (κ1) is 21.8. The highest BCUT2D eigenvalue weighted by molar-refractivity contribution is 6.33. The average Bonchev–Trinajstić information content (AvgIpc) is 2.82. The molecule has 33 heavy (non-hydrogen) atoms. The molecule has 10 heteroatoms. The van der Waals surface area contributed by atoms with Crippen molar-refractivity contribution in [2.24, 2.45) is 5.92 Å². The molecule has 0 spiro atoms. The molecule has 2 fully saturated rings. The van der Waals surface area contributed by atoms with Gasteiger partial charge in [-0.3, -0.25) is 4.79 Å². The minimum atomic E-state index is -0.167.